The fourth-order valence-corrected chi connectivity index (χ4v) is 4.70. The van der Waals surface area contributed by atoms with E-state index in [1.165, 1.54) is 0 Å². The molecule has 8 nitrogen and oxygen atoms in total. The normalized spacial score (nSPS) is 11.6. The van der Waals surface area contributed by atoms with Gasteiger partial charge in [0.15, 0.2) is 0 Å². The van der Waals surface area contributed by atoms with Crippen molar-refractivity contribution < 1.29 is 14.0 Å². The van der Waals surface area contributed by atoms with Crippen molar-refractivity contribution in [3.05, 3.63) is 75.1 Å². The Kier molecular flexibility index (Phi) is 6.08. The predicted molar refractivity (Wildman–Crippen MR) is 135 cm³/mol. The highest BCUT2D eigenvalue weighted by Gasteiger charge is 2.21. The molecule has 0 atom stereocenters. The molecule has 0 saturated carbocycles. The van der Waals surface area contributed by atoms with Gasteiger partial charge >= 0.3 is 5.69 Å². The molecule has 0 fully saturated rings. The van der Waals surface area contributed by atoms with E-state index in [-0.39, 0.29) is 5.69 Å². The number of nitrogens with zero attached hydrogens (tertiary/aromatic N) is 4. The summed E-state index contributed by atoms with van der Waals surface area (Å²) in [6.45, 7) is 4.98. The van der Waals surface area contributed by atoms with Crippen LogP contribution in [0, 0.1) is 13.8 Å². The summed E-state index contributed by atoms with van der Waals surface area (Å²) < 4.78 is 19.9. The van der Waals surface area contributed by atoms with Gasteiger partial charge in [-0.3, -0.25) is 14.1 Å². The minimum atomic E-state index is -0.130. The van der Waals surface area contributed by atoms with Crippen LogP contribution in [-0.2, 0) is 17.8 Å². The van der Waals surface area contributed by atoms with Crippen LogP contribution < -0.4 is 10.4 Å². The minimum Gasteiger partial charge on any atom is -0.496 e. The number of pyridine rings is 1. The molecule has 35 heavy (non-hydrogen) atoms. The summed E-state index contributed by atoms with van der Waals surface area (Å²) in [5.74, 6) is 1.35. The highest BCUT2D eigenvalue weighted by molar-refractivity contribution is 6.30. The van der Waals surface area contributed by atoms with Crippen LogP contribution in [0.5, 0.6) is 5.75 Å². The van der Waals surface area contributed by atoms with E-state index in [0.29, 0.717) is 36.2 Å². The number of fused-ring (bicyclic) bond motifs is 3. The molecule has 9 heteroatoms. The van der Waals surface area contributed by atoms with Crippen LogP contribution in [0.1, 0.15) is 17.0 Å². The first-order valence-corrected chi connectivity index (χ1v) is 11.6. The summed E-state index contributed by atoms with van der Waals surface area (Å²) >= 11 is 6.07. The van der Waals surface area contributed by atoms with Crippen molar-refractivity contribution >= 4 is 33.5 Å². The third kappa shape index (κ3) is 3.98. The van der Waals surface area contributed by atoms with Crippen molar-refractivity contribution in [1.82, 2.24) is 19.3 Å². The summed E-state index contributed by atoms with van der Waals surface area (Å²) in [6.07, 6.45) is 1.75. The van der Waals surface area contributed by atoms with Gasteiger partial charge in [-0.15, -0.1) is 0 Å². The molecule has 0 bridgehead atoms. The van der Waals surface area contributed by atoms with E-state index in [1.807, 2.05) is 50.2 Å². The Balaban J connectivity index is 1.79. The van der Waals surface area contributed by atoms with E-state index in [0.717, 1.165) is 44.3 Å². The van der Waals surface area contributed by atoms with Crippen LogP contribution in [0.4, 0.5) is 0 Å². The first-order chi connectivity index (χ1) is 16.9. The van der Waals surface area contributed by atoms with Crippen LogP contribution in [-0.4, -0.2) is 40.1 Å². The van der Waals surface area contributed by atoms with Crippen molar-refractivity contribution in [2.75, 3.05) is 20.8 Å². The number of ether oxygens (including phenoxy) is 2. The van der Waals surface area contributed by atoms with E-state index in [9.17, 15) is 4.79 Å². The largest absolute Gasteiger partial charge is 0.496 e. The molecule has 0 radical (unpaired) electrons. The van der Waals surface area contributed by atoms with Crippen molar-refractivity contribution in [3.63, 3.8) is 0 Å². The van der Waals surface area contributed by atoms with Crippen LogP contribution in [0.25, 0.3) is 33.1 Å². The number of imidazole rings is 1. The number of hydrogen-bond acceptors (Lipinski definition) is 6. The van der Waals surface area contributed by atoms with Crippen molar-refractivity contribution in [3.8, 4) is 16.9 Å². The average molecular weight is 493 g/mol. The van der Waals surface area contributed by atoms with Gasteiger partial charge in [-0.25, -0.2) is 4.79 Å². The first kappa shape index (κ1) is 23.1. The SMILES string of the molecule is COCCn1c(=O)n(Cc2ccc(Cl)cc2)c2c3cc(OC)c(-c4c(C)noc4C)cc3ncc21. The fraction of sp³-hybridized carbons (Fsp3) is 0.269. The standard InChI is InChI=1S/C26H25ClN4O4/c1-15-24(16(2)35-29-15)20-11-21-19(12-23(20)34-4)25-22(13-28-21)30(9-10-33-3)26(32)31(25)14-17-5-7-18(27)8-6-17/h5-8,11-13H,9-10,14H2,1-4H3. The van der Waals surface area contributed by atoms with Crippen LogP contribution in [0.3, 0.4) is 0 Å². The highest BCUT2D eigenvalue weighted by Crippen LogP contribution is 2.38. The van der Waals surface area contributed by atoms with E-state index in [2.05, 4.69) is 5.16 Å². The van der Waals surface area contributed by atoms with Crippen molar-refractivity contribution in [1.29, 1.82) is 0 Å². The molecule has 0 aliphatic carbocycles. The van der Waals surface area contributed by atoms with Gasteiger partial charge in [0, 0.05) is 23.1 Å². The number of aromatic nitrogens is 4. The molecule has 3 heterocycles. The number of rotatable bonds is 7. The summed E-state index contributed by atoms with van der Waals surface area (Å²) in [5, 5.41) is 5.55. The van der Waals surface area contributed by atoms with E-state index in [1.54, 1.807) is 29.6 Å². The zero-order valence-corrected chi connectivity index (χ0v) is 20.7. The zero-order valence-electron chi connectivity index (χ0n) is 20.0. The lowest BCUT2D eigenvalue weighted by molar-refractivity contribution is 0.187. The third-order valence-corrected chi connectivity index (χ3v) is 6.49. The second-order valence-electron chi connectivity index (χ2n) is 8.40. The van der Waals surface area contributed by atoms with Gasteiger partial charge in [-0.1, -0.05) is 28.9 Å². The summed E-state index contributed by atoms with van der Waals surface area (Å²) in [7, 11) is 3.24. The molecule has 180 valence electrons. The molecule has 0 unspecified atom stereocenters. The first-order valence-electron chi connectivity index (χ1n) is 11.2. The van der Waals surface area contributed by atoms with E-state index in [4.69, 9.17) is 30.6 Å². The second kappa shape index (κ2) is 9.20. The lowest BCUT2D eigenvalue weighted by Gasteiger charge is -2.12. The Morgan fingerprint density at radius 2 is 1.86 bits per heavy atom. The number of benzene rings is 2. The molecule has 5 aromatic rings. The maximum absolute atomic E-state index is 13.6. The number of halogens is 1. The van der Waals surface area contributed by atoms with Gasteiger partial charge in [-0.05, 0) is 43.7 Å². The predicted octanol–water partition coefficient (Wildman–Crippen LogP) is 4.98. The molecule has 2 aromatic carbocycles. The zero-order chi connectivity index (χ0) is 24.7. The fourth-order valence-electron chi connectivity index (χ4n) is 4.57. The van der Waals surface area contributed by atoms with Gasteiger partial charge < -0.3 is 14.0 Å². The summed E-state index contributed by atoms with van der Waals surface area (Å²) in [6, 6.07) is 11.4. The van der Waals surface area contributed by atoms with E-state index >= 15 is 0 Å². The van der Waals surface area contributed by atoms with Crippen LogP contribution in [0.2, 0.25) is 5.02 Å². The maximum atomic E-state index is 13.6. The Morgan fingerprint density at radius 1 is 1.09 bits per heavy atom. The van der Waals surface area contributed by atoms with Gasteiger partial charge in [-0.2, -0.15) is 0 Å². The van der Waals surface area contributed by atoms with Gasteiger partial charge in [0.25, 0.3) is 0 Å². The molecule has 0 amide bonds. The Labute approximate surface area is 206 Å². The van der Waals surface area contributed by atoms with Gasteiger partial charge in [0.1, 0.15) is 11.5 Å². The van der Waals surface area contributed by atoms with Crippen molar-refractivity contribution in [2.24, 2.45) is 0 Å². The van der Waals surface area contributed by atoms with Gasteiger partial charge in [0.05, 0.1) is 60.8 Å². The topological polar surface area (TPSA) is 84.3 Å². The quantitative estimate of drug-likeness (QED) is 0.318. The maximum Gasteiger partial charge on any atom is 0.329 e. The number of aryl methyl sites for hydroxylation is 2. The smallest absolute Gasteiger partial charge is 0.329 e. The Bertz CT molecular complexity index is 1580. The van der Waals surface area contributed by atoms with Gasteiger partial charge in [0.2, 0.25) is 0 Å². The van der Waals surface area contributed by atoms with Crippen LogP contribution >= 0.6 is 11.6 Å². The monoisotopic (exact) mass is 492 g/mol. The third-order valence-electron chi connectivity index (χ3n) is 6.24. The molecular weight excluding hydrogens is 468 g/mol. The summed E-state index contributed by atoms with van der Waals surface area (Å²) in [4.78, 5) is 18.3. The molecule has 0 N–H and O–H groups in total. The molecule has 0 aliphatic rings. The Hall–Kier alpha value is -3.62. The number of hydrogen-bond donors (Lipinski definition) is 0. The molecule has 0 aliphatic heterocycles. The average Bonchev–Trinajstić information content (AvgIpc) is 3.33. The van der Waals surface area contributed by atoms with E-state index < -0.39 is 0 Å². The van der Waals surface area contributed by atoms with Crippen molar-refractivity contribution in [2.45, 2.75) is 26.9 Å². The molecular formula is C26H25ClN4O4. The second-order valence-corrected chi connectivity index (χ2v) is 8.84. The number of methoxy groups -OCH3 is 2. The molecule has 0 spiro atoms. The molecule has 3 aromatic heterocycles. The van der Waals surface area contributed by atoms with Crippen LogP contribution in [0.15, 0.2) is 51.9 Å². The minimum absolute atomic E-state index is 0.130. The Morgan fingerprint density at radius 3 is 2.51 bits per heavy atom. The lowest BCUT2D eigenvalue weighted by atomic mass is 10.0. The summed E-state index contributed by atoms with van der Waals surface area (Å²) in [5.41, 5.74) is 5.58. The highest BCUT2D eigenvalue weighted by atomic mass is 35.5. The lowest BCUT2D eigenvalue weighted by Crippen LogP contribution is -2.26. The molecule has 5 rings (SSSR count). The molecule has 0 saturated heterocycles.